The zero-order chi connectivity index (χ0) is 18.0. The van der Waals surface area contributed by atoms with Gasteiger partial charge >= 0.3 is 0 Å². The van der Waals surface area contributed by atoms with E-state index in [1.807, 2.05) is 38.1 Å². The predicted octanol–water partition coefficient (Wildman–Crippen LogP) is 4.36. The second-order valence-electron chi connectivity index (χ2n) is 6.13. The van der Waals surface area contributed by atoms with Crippen LogP contribution in [0.1, 0.15) is 42.5 Å². The summed E-state index contributed by atoms with van der Waals surface area (Å²) in [6, 6.07) is 9.96. The van der Waals surface area contributed by atoms with E-state index in [0.717, 1.165) is 35.7 Å². The number of para-hydroxylation sites is 2. The summed E-state index contributed by atoms with van der Waals surface area (Å²) in [6.45, 7) is 4.00. The molecule has 1 aromatic heterocycles. The smallest absolute Gasteiger partial charge is 0.252 e. The number of imidazole rings is 1. The zero-order valence-corrected chi connectivity index (χ0v) is 14.0. The summed E-state index contributed by atoms with van der Waals surface area (Å²) in [4.78, 5) is 20.2. The number of halogens is 2. The molecule has 0 radical (unpaired) electrons. The number of hydrogen-bond acceptors (Lipinski definition) is 2. The van der Waals surface area contributed by atoms with E-state index in [9.17, 15) is 13.6 Å². The summed E-state index contributed by atoms with van der Waals surface area (Å²) in [6.07, 6.45) is 0.805. The second kappa shape index (κ2) is 7.01. The fourth-order valence-corrected chi connectivity index (χ4v) is 2.75. The highest BCUT2D eigenvalue weighted by atomic mass is 19.1. The first-order chi connectivity index (χ1) is 12.0. The van der Waals surface area contributed by atoms with Gasteiger partial charge in [-0.05, 0) is 30.2 Å². The molecule has 3 rings (SSSR count). The first-order valence-corrected chi connectivity index (χ1v) is 8.19. The van der Waals surface area contributed by atoms with Gasteiger partial charge in [0.1, 0.15) is 17.5 Å². The number of carbonyl (C=O) groups is 1. The molecule has 2 N–H and O–H groups in total. The maximum Gasteiger partial charge on any atom is 0.252 e. The Labute approximate surface area is 144 Å². The highest BCUT2D eigenvalue weighted by Crippen LogP contribution is 2.25. The highest BCUT2D eigenvalue weighted by molar-refractivity contribution is 5.94. The van der Waals surface area contributed by atoms with Crippen molar-refractivity contribution in [3.8, 4) is 0 Å². The van der Waals surface area contributed by atoms with Crippen molar-refractivity contribution in [2.24, 2.45) is 5.92 Å². The van der Waals surface area contributed by atoms with Gasteiger partial charge in [-0.25, -0.2) is 13.8 Å². The molecule has 1 amide bonds. The molecule has 6 heteroatoms. The fourth-order valence-electron chi connectivity index (χ4n) is 2.75. The molecule has 25 heavy (non-hydrogen) atoms. The van der Waals surface area contributed by atoms with Crippen molar-refractivity contribution < 1.29 is 13.6 Å². The lowest BCUT2D eigenvalue weighted by atomic mass is 9.98. The molecule has 0 saturated heterocycles. The van der Waals surface area contributed by atoms with Crippen LogP contribution in [0, 0.1) is 17.6 Å². The maximum absolute atomic E-state index is 13.4. The molecule has 0 aliphatic carbocycles. The van der Waals surface area contributed by atoms with E-state index in [4.69, 9.17) is 0 Å². The SMILES string of the molecule is CC[C@H](C)[C@@H](NC(=O)c1cc(F)cc(F)c1)c1nc2ccccc2[nH]1. The number of amides is 1. The monoisotopic (exact) mass is 343 g/mol. The number of fused-ring (bicyclic) bond motifs is 1. The molecule has 2 aromatic carbocycles. The molecular formula is C19H19F2N3O. The van der Waals surface area contributed by atoms with Crippen LogP contribution in [0.3, 0.4) is 0 Å². The van der Waals surface area contributed by atoms with Gasteiger partial charge < -0.3 is 10.3 Å². The van der Waals surface area contributed by atoms with E-state index in [2.05, 4.69) is 15.3 Å². The average Bonchev–Trinajstić information content (AvgIpc) is 3.01. The number of aromatic amines is 1. The van der Waals surface area contributed by atoms with E-state index < -0.39 is 23.6 Å². The summed E-state index contributed by atoms with van der Waals surface area (Å²) in [7, 11) is 0. The van der Waals surface area contributed by atoms with Crippen LogP contribution in [0.4, 0.5) is 8.78 Å². The van der Waals surface area contributed by atoms with Crippen molar-refractivity contribution in [2.75, 3.05) is 0 Å². The summed E-state index contributed by atoms with van der Waals surface area (Å²) in [5, 5.41) is 2.85. The standard InChI is InChI=1S/C19H19F2N3O/c1-3-11(2)17(18-22-15-6-4-5-7-16(15)23-18)24-19(25)12-8-13(20)10-14(21)9-12/h4-11,17H,3H2,1-2H3,(H,22,23)(H,24,25)/t11-,17+/m0/s1. The Bertz CT molecular complexity index is 853. The molecule has 2 atom stereocenters. The van der Waals surface area contributed by atoms with E-state index >= 15 is 0 Å². The number of nitrogens with one attached hydrogen (secondary N) is 2. The van der Waals surface area contributed by atoms with Crippen molar-refractivity contribution in [2.45, 2.75) is 26.3 Å². The van der Waals surface area contributed by atoms with E-state index in [0.29, 0.717) is 5.82 Å². The van der Waals surface area contributed by atoms with Crippen molar-refractivity contribution in [3.05, 3.63) is 65.5 Å². The van der Waals surface area contributed by atoms with Crippen molar-refractivity contribution in [1.29, 1.82) is 0 Å². The quantitative estimate of drug-likeness (QED) is 0.723. The maximum atomic E-state index is 13.4. The lowest BCUT2D eigenvalue weighted by Gasteiger charge is -2.22. The van der Waals surface area contributed by atoms with Crippen molar-refractivity contribution in [1.82, 2.24) is 15.3 Å². The van der Waals surface area contributed by atoms with Gasteiger partial charge in [-0.3, -0.25) is 4.79 Å². The van der Waals surface area contributed by atoms with E-state index in [1.54, 1.807) is 0 Å². The Morgan fingerprint density at radius 3 is 2.52 bits per heavy atom. The Hall–Kier alpha value is -2.76. The van der Waals surface area contributed by atoms with E-state index in [-0.39, 0.29) is 11.5 Å². The number of H-pyrrole nitrogens is 1. The molecule has 0 spiro atoms. The van der Waals surface area contributed by atoms with Gasteiger partial charge in [0.2, 0.25) is 0 Å². The molecule has 0 bridgehead atoms. The van der Waals surface area contributed by atoms with Gasteiger partial charge in [0, 0.05) is 11.6 Å². The molecule has 0 unspecified atom stereocenters. The first kappa shape index (κ1) is 17.1. The third-order valence-electron chi connectivity index (χ3n) is 4.33. The Balaban J connectivity index is 1.92. The fraction of sp³-hybridized carbons (Fsp3) is 0.263. The van der Waals surface area contributed by atoms with Crippen LogP contribution in [0.25, 0.3) is 11.0 Å². The van der Waals surface area contributed by atoms with E-state index in [1.165, 1.54) is 0 Å². The summed E-state index contributed by atoms with van der Waals surface area (Å²) in [5.41, 5.74) is 1.62. The molecular weight excluding hydrogens is 324 g/mol. The topological polar surface area (TPSA) is 57.8 Å². The lowest BCUT2D eigenvalue weighted by molar-refractivity contribution is 0.0919. The van der Waals surface area contributed by atoms with Gasteiger partial charge in [-0.1, -0.05) is 32.4 Å². The van der Waals surface area contributed by atoms with Crippen LogP contribution in [-0.2, 0) is 0 Å². The largest absolute Gasteiger partial charge is 0.342 e. The summed E-state index contributed by atoms with van der Waals surface area (Å²) in [5.74, 6) is -1.39. The molecule has 0 aliphatic rings. The second-order valence-corrected chi connectivity index (χ2v) is 6.13. The van der Waals surface area contributed by atoms with Gasteiger partial charge in [-0.2, -0.15) is 0 Å². The summed E-state index contributed by atoms with van der Waals surface area (Å²) >= 11 is 0. The molecule has 0 fully saturated rings. The van der Waals surface area contributed by atoms with Gasteiger partial charge in [-0.15, -0.1) is 0 Å². The molecule has 0 aliphatic heterocycles. The van der Waals surface area contributed by atoms with Crippen LogP contribution in [-0.4, -0.2) is 15.9 Å². The third-order valence-corrected chi connectivity index (χ3v) is 4.33. The first-order valence-electron chi connectivity index (χ1n) is 8.19. The van der Waals surface area contributed by atoms with Crippen LogP contribution in [0.15, 0.2) is 42.5 Å². The molecule has 3 aromatic rings. The number of rotatable bonds is 5. The number of aromatic nitrogens is 2. The number of hydrogen-bond donors (Lipinski definition) is 2. The van der Waals surface area contributed by atoms with Crippen molar-refractivity contribution >= 4 is 16.9 Å². The summed E-state index contributed by atoms with van der Waals surface area (Å²) < 4.78 is 26.7. The Morgan fingerprint density at radius 1 is 1.20 bits per heavy atom. The molecule has 0 saturated carbocycles. The van der Waals surface area contributed by atoms with Crippen LogP contribution < -0.4 is 5.32 Å². The van der Waals surface area contributed by atoms with Gasteiger partial charge in [0.05, 0.1) is 17.1 Å². The van der Waals surface area contributed by atoms with Gasteiger partial charge in [0.25, 0.3) is 5.91 Å². The van der Waals surface area contributed by atoms with Crippen LogP contribution >= 0.6 is 0 Å². The van der Waals surface area contributed by atoms with Crippen LogP contribution in [0.5, 0.6) is 0 Å². The molecule has 1 heterocycles. The Morgan fingerprint density at radius 2 is 1.88 bits per heavy atom. The minimum atomic E-state index is -0.783. The molecule has 130 valence electrons. The minimum Gasteiger partial charge on any atom is -0.342 e. The van der Waals surface area contributed by atoms with Crippen LogP contribution in [0.2, 0.25) is 0 Å². The number of nitrogens with zero attached hydrogens (tertiary/aromatic N) is 1. The van der Waals surface area contributed by atoms with Crippen molar-refractivity contribution in [3.63, 3.8) is 0 Å². The lowest BCUT2D eigenvalue weighted by Crippen LogP contribution is -2.33. The highest BCUT2D eigenvalue weighted by Gasteiger charge is 2.24. The molecule has 4 nitrogen and oxygen atoms in total. The minimum absolute atomic E-state index is 0.0538. The average molecular weight is 343 g/mol. The van der Waals surface area contributed by atoms with Gasteiger partial charge in [0.15, 0.2) is 0 Å². The Kier molecular flexibility index (Phi) is 4.79. The third kappa shape index (κ3) is 3.68. The zero-order valence-electron chi connectivity index (χ0n) is 14.0. The number of benzene rings is 2. The normalized spacial score (nSPS) is 13.6. The predicted molar refractivity (Wildman–Crippen MR) is 92.1 cm³/mol. The number of carbonyl (C=O) groups excluding carboxylic acids is 1.